The predicted molar refractivity (Wildman–Crippen MR) is 211 cm³/mol. The van der Waals surface area contributed by atoms with Gasteiger partial charge in [-0.3, -0.25) is 4.79 Å². The number of carbonyl (C=O) groups is 1. The first-order valence-electron chi connectivity index (χ1n) is 18.6. The summed E-state index contributed by atoms with van der Waals surface area (Å²) in [5.74, 6) is 0.756. The summed E-state index contributed by atoms with van der Waals surface area (Å²) >= 11 is 0. The molecule has 1 fully saturated rings. The van der Waals surface area contributed by atoms with Crippen molar-refractivity contribution in [1.29, 1.82) is 0 Å². The molecule has 1 amide bonds. The van der Waals surface area contributed by atoms with E-state index in [1.807, 2.05) is 140 Å². The Hall–Kier alpha value is -5.77. The minimum absolute atomic E-state index is 0.305. The van der Waals surface area contributed by atoms with Gasteiger partial charge < -0.3 is 34.2 Å². The van der Waals surface area contributed by atoms with Gasteiger partial charge in [-0.15, -0.1) is 0 Å². The normalized spacial score (nSPS) is 15.5. The quantitative estimate of drug-likeness (QED) is 0.0998. The van der Waals surface area contributed by atoms with Gasteiger partial charge in [-0.05, 0) is 57.5 Å². The molecule has 0 saturated carbocycles. The van der Waals surface area contributed by atoms with Gasteiger partial charge in [0.15, 0.2) is 6.29 Å². The van der Waals surface area contributed by atoms with E-state index < -0.39 is 24.8 Å². The van der Waals surface area contributed by atoms with E-state index in [2.05, 4.69) is 6.92 Å². The summed E-state index contributed by atoms with van der Waals surface area (Å²) in [4.78, 5) is 12.4. The van der Waals surface area contributed by atoms with Gasteiger partial charge in [-0.1, -0.05) is 140 Å². The number of ether oxygens (including phenoxy) is 6. The van der Waals surface area contributed by atoms with Crippen LogP contribution in [0, 0.1) is 0 Å². The average Bonchev–Trinajstić information content (AvgIpc) is 3.63. The molecule has 1 aliphatic rings. The van der Waals surface area contributed by atoms with E-state index in [0.29, 0.717) is 56.3 Å². The van der Waals surface area contributed by atoms with Crippen molar-refractivity contribution in [3.63, 3.8) is 0 Å². The lowest BCUT2D eigenvalue weighted by Crippen LogP contribution is -2.28. The highest BCUT2D eigenvalue weighted by Gasteiger charge is 2.39. The molecule has 8 nitrogen and oxygen atoms in total. The van der Waals surface area contributed by atoms with Crippen molar-refractivity contribution in [3.05, 3.63) is 191 Å². The van der Waals surface area contributed by atoms with Crippen LogP contribution in [0.5, 0.6) is 11.5 Å². The molecule has 1 heterocycles. The highest BCUT2D eigenvalue weighted by Crippen LogP contribution is 2.43. The van der Waals surface area contributed by atoms with Crippen LogP contribution in [0.15, 0.2) is 152 Å². The molecule has 0 bridgehead atoms. The van der Waals surface area contributed by atoms with Crippen molar-refractivity contribution in [2.24, 2.45) is 5.73 Å². The van der Waals surface area contributed by atoms with Crippen LogP contribution >= 0.6 is 0 Å². The number of hydrogen-bond acceptors (Lipinski definition) is 7. The summed E-state index contributed by atoms with van der Waals surface area (Å²) in [5, 5.41) is 0. The van der Waals surface area contributed by atoms with Crippen LogP contribution in [-0.4, -0.2) is 24.8 Å². The SMILES string of the molecule is CCc1c(OCc2ccccc2)cc(OCc2ccccc2)c(-c2cccc(C(N)=O)c2)c1CC1O[C@H](OCc2ccccc2)[C@@H](OCc2ccccc2)O1. The van der Waals surface area contributed by atoms with Crippen LogP contribution in [0.1, 0.15) is 50.7 Å². The van der Waals surface area contributed by atoms with Crippen molar-refractivity contribution >= 4 is 5.91 Å². The molecule has 0 aliphatic carbocycles. The molecule has 2 N–H and O–H groups in total. The molecule has 55 heavy (non-hydrogen) atoms. The van der Waals surface area contributed by atoms with Gasteiger partial charge in [0, 0.05) is 23.6 Å². The van der Waals surface area contributed by atoms with Crippen molar-refractivity contribution in [1.82, 2.24) is 0 Å². The molecule has 0 aromatic heterocycles. The first-order valence-corrected chi connectivity index (χ1v) is 18.6. The lowest BCUT2D eigenvalue weighted by molar-refractivity contribution is -0.200. The summed E-state index contributed by atoms with van der Waals surface area (Å²) in [6.45, 7) is 3.41. The second-order valence-electron chi connectivity index (χ2n) is 13.3. The minimum Gasteiger partial charge on any atom is -0.488 e. The molecule has 7 rings (SSSR count). The third kappa shape index (κ3) is 9.86. The maximum Gasteiger partial charge on any atom is 0.248 e. The third-order valence-corrected chi connectivity index (χ3v) is 9.41. The van der Waals surface area contributed by atoms with Gasteiger partial charge in [0.1, 0.15) is 24.7 Å². The Kier molecular flexibility index (Phi) is 12.6. The zero-order chi connectivity index (χ0) is 37.8. The van der Waals surface area contributed by atoms with E-state index in [1.54, 1.807) is 12.1 Å². The van der Waals surface area contributed by atoms with Gasteiger partial charge in [-0.2, -0.15) is 0 Å². The molecule has 6 aromatic carbocycles. The van der Waals surface area contributed by atoms with E-state index in [4.69, 9.17) is 34.2 Å². The van der Waals surface area contributed by atoms with Crippen molar-refractivity contribution in [2.45, 2.75) is 65.1 Å². The number of rotatable bonds is 17. The number of primary amides is 1. The Labute approximate surface area is 322 Å². The van der Waals surface area contributed by atoms with Gasteiger partial charge in [0.05, 0.1) is 13.2 Å². The fourth-order valence-corrected chi connectivity index (χ4v) is 6.66. The third-order valence-electron chi connectivity index (χ3n) is 9.41. The van der Waals surface area contributed by atoms with E-state index in [1.165, 1.54) is 0 Å². The Balaban J connectivity index is 1.27. The van der Waals surface area contributed by atoms with Crippen LogP contribution < -0.4 is 15.2 Å². The predicted octanol–water partition coefficient (Wildman–Crippen LogP) is 9.17. The van der Waals surface area contributed by atoms with E-state index in [0.717, 1.165) is 44.5 Å². The number of carbonyl (C=O) groups excluding carboxylic acids is 1. The average molecular weight is 736 g/mol. The molecule has 1 saturated heterocycles. The lowest BCUT2D eigenvalue weighted by Gasteiger charge is -2.24. The Morgan fingerprint density at radius 2 is 1.04 bits per heavy atom. The molecule has 2 atom stereocenters. The fraction of sp³-hybridized carbons (Fsp3) is 0.213. The van der Waals surface area contributed by atoms with Crippen LogP contribution in [0.25, 0.3) is 11.1 Å². The first kappa shape index (κ1) is 37.5. The largest absolute Gasteiger partial charge is 0.488 e. The Morgan fingerprint density at radius 1 is 0.564 bits per heavy atom. The second-order valence-corrected chi connectivity index (χ2v) is 13.3. The van der Waals surface area contributed by atoms with Gasteiger partial charge in [-0.25, -0.2) is 0 Å². The monoisotopic (exact) mass is 735 g/mol. The second kappa shape index (κ2) is 18.5. The number of hydrogen-bond donors (Lipinski definition) is 1. The van der Waals surface area contributed by atoms with Gasteiger partial charge in [0.25, 0.3) is 0 Å². The van der Waals surface area contributed by atoms with Gasteiger partial charge in [0.2, 0.25) is 18.5 Å². The highest BCUT2D eigenvalue weighted by atomic mass is 16.9. The van der Waals surface area contributed by atoms with Crippen LogP contribution in [0.2, 0.25) is 0 Å². The van der Waals surface area contributed by atoms with Crippen LogP contribution in [0.3, 0.4) is 0 Å². The smallest absolute Gasteiger partial charge is 0.248 e. The Morgan fingerprint density at radius 3 is 1.51 bits per heavy atom. The molecule has 8 heteroatoms. The maximum absolute atomic E-state index is 12.4. The molecule has 0 unspecified atom stereocenters. The topological polar surface area (TPSA) is 98.5 Å². The van der Waals surface area contributed by atoms with Crippen molar-refractivity contribution in [2.75, 3.05) is 0 Å². The molecule has 6 aromatic rings. The summed E-state index contributed by atoms with van der Waals surface area (Å²) in [6, 6.07) is 49.1. The first-order chi connectivity index (χ1) is 27.0. The zero-order valence-corrected chi connectivity index (χ0v) is 30.8. The Bertz CT molecular complexity index is 2080. The fourth-order valence-electron chi connectivity index (χ4n) is 6.66. The summed E-state index contributed by atoms with van der Waals surface area (Å²) < 4.78 is 39.0. The molecule has 0 spiro atoms. The number of benzene rings is 6. The van der Waals surface area contributed by atoms with E-state index >= 15 is 0 Å². The lowest BCUT2D eigenvalue weighted by atomic mass is 9.89. The van der Waals surface area contributed by atoms with Crippen LogP contribution in [-0.2, 0) is 58.2 Å². The highest BCUT2D eigenvalue weighted by molar-refractivity contribution is 5.94. The summed E-state index contributed by atoms with van der Waals surface area (Å²) in [6.07, 6.45) is -1.41. The summed E-state index contributed by atoms with van der Waals surface area (Å²) in [5.41, 5.74) is 13.7. The van der Waals surface area contributed by atoms with Crippen LogP contribution in [0.4, 0.5) is 0 Å². The molecular formula is C47H45NO7. The van der Waals surface area contributed by atoms with Crippen molar-refractivity contribution < 1.29 is 33.2 Å². The minimum atomic E-state index is -0.799. The molecule has 1 aliphatic heterocycles. The van der Waals surface area contributed by atoms with Gasteiger partial charge >= 0.3 is 0 Å². The zero-order valence-electron chi connectivity index (χ0n) is 30.8. The maximum atomic E-state index is 12.4. The number of amides is 1. The number of nitrogens with two attached hydrogens (primary N) is 1. The summed E-state index contributed by atoms with van der Waals surface area (Å²) in [7, 11) is 0. The standard InChI is InChI=1S/C47H45NO7/c1-2-39-40(27-43-54-46(52-31-35-20-11-5-12-21-35)47(55-43)53-32-36-22-13-6-14-23-36)44(37-24-15-25-38(26-37)45(48)49)42(51-30-34-18-9-4-10-19-34)28-41(39)50-29-33-16-7-3-8-17-33/h3-26,28,43,46-47H,2,27,29-32H2,1H3,(H2,48,49)/t46-,47-/m0/s1. The van der Waals surface area contributed by atoms with Crippen molar-refractivity contribution in [3.8, 4) is 22.6 Å². The molecule has 280 valence electrons. The van der Waals surface area contributed by atoms with E-state index in [-0.39, 0.29) is 0 Å². The molecular weight excluding hydrogens is 691 g/mol. The van der Waals surface area contributed by atoms with E-state index in [9.17, 15) is 4.79 Å². The molecule has 0 radical (unpaired) electrons.